The van der Waals surface area contributed by atoms with Crippen LogP contribution in [-0.2, 0) is 20.3 Å². The van der Waals surface area contributed by atoms with E-state index < -0.39 is 16.8 Å². The van der Waals surface area contributed by atoms with Gasteiger partial charge in [-0.3, -0.25) is 9.00 Å². The summed E-state index contributed by atoms with van der Waals surface area (Å²) in [6.45, 7) is 0. The molecule has 1 heterocycles. The highest BCUT2D eigenvalue weighted by atomic mass is 32.2. The molecule has 120 valence electrons. The molecule has 3 aliphatic rings. The van der Waals surface area contributed by atoms with E-state index in [1.54, 1.807) is 0 Å². The Morgan fingerprint density at radius 1 is 1.14 bits per heavy atom. The summed E-state index contributed by atoms with van der Waals surface area (Å²) in [5.41, 5.74) is -0.0801. The van der Waals surface area contributed by atoms with Crippen LogP contribution in [0.4, 0.5) is 0 Å². The van der Waals surface area contributed by atoms with Crippen molar-refractivity contribution in [1.82, 2.24) is 0 Å². The maximum atomic E-state index is 12.3. The minimum absolute atomic E-state index is 0.0887. The molecule has 3 rings (SSSR count). The molecule has 5 heteroatoms. The molecule has 1 aliphatic heterocycles. The zero-order valence-electron chi connectivity index (χ0n) is 12.6. The highest BCUT2D eigenvalue weighted by Crippen LogP contribution is 2.49. The average Bonchev–Trinajstić information content (AvgIpc) is 3.04. The summed E-state index contributed by atoms with van der Waals surface area (Å²) in [6, 6.07) is 0. The van der Waals surface area contributed by atoms with Crippen molar-refractivity contribution in [3.8, 4) is 0 Å². The van der Waals surface area contributed by atoms with Gasteiger partial charge in [-0.2, -0.15) is 0 Å². The van der Waals surface area contributed by atoms with Crippen molar-refractivity contribution in [2.24, 2.45) is 5.41 Å². The second-order valence-electron chi connectivity index (χ2n) is 7.34. The van der Waals surface area contributed by atoms with Crippen molar-refractivity contribution < 1.29 is 18.8 Å². The van der Waals surface area contributed by atoms with Gasteiger partial charge in [-0.05, 0) is 43.9 Å². The molecule has 1 N–H and O–H groups in total. The molecule has 2 aliphatic carbocycles. The highest BCUT2D eigenvalue weighted by molar-refractivity contribution is 7.85. The Balaban J connectivity index is 1.47. The van der Waals surface area contributed by atoms with Crippen LogP contribution in [0.15, 0.2) is 0 Å². The summed E-state index contributed by atoms with van der Waals surface area (Å²) >= 11 is 0. The van der Waals surface area contributed by atoms with E-state index in [4.69, 9.17) is 9.84 Å². The van der Waals surface area contributed by atoms with Crippen LogP contribution in [0.1, 0.15) is 64.2 Å². The Kier molecular flexibility index (Phi) is 4.42. The molecule has 1 spiro atoms. The van der Waals surface area contributed by atoms with E-state index in [9.17, 15) is 9.00 Å². The van der Waals surface area contributed by atoms with Crippen molar-refractivity contribution >= 4 is 16.8 Å². The number of carbonyl (C=O) groups is 1. The Hall–Kier alpha value is -0.420. The molecule has 0 bridgehead atoms. The van der Waals surface area contributed by atoms with Crippen LogP contribution < -0.4 is 0 Å². The fraction of sp³-hybridized carbons (Fsp3) is 0.938. The summed E-state index contributed by atoms with van der Waals surface area (Å²) in [4.78, 5) is 10.9. The minimum atomic E-state index is -0.943. The smallest absolute Gasteiger partial charge is 0.303 e. The molecule has 0 amide bonds. The normalized spacial score (nSPS) is 31.1. The highest BCUT2D eigenvalue weighted by Gasteiger charge is 2.47. The number of carboxylic acids is 1. The standard InChI is InChI=1S/C16H26O4S/c17-14(18)10-15(8-9-15)12-21(19)11-13-4-7-16(20-13)5-2-1-3-6-16/h13H,1-12H2,(H,17,18). The van der Waals surface area contributed by atoms with E-state index in [1.165, 1.54) is 32.1 Å². The van der Waals surface area contributed by atoms with Crippen LogP contribution in [0.25, 0.3) is 0 Å². The first-order valence-corrected chi connectivity index (χ1v) is 9.74. The Morgan fingerprint density at radius 2 is 1.86 bits per heavy atom. The van der Waals surface area contributed by atoms with Crippen molar-refractivity contribution in [3.63, 3.8) is 0 Å². The summed E-state index contributed by atoms with van der Waals surface area (Å²) in [7, 11) is -0.943. The zero-order chi connectivity index (χ0) is 14.9. The van der Waals surface area contributed by atoms with E-state index in [1.807, 2.05) is 0 Å². The van der Waals surface area contributed by atoms with Gasteiger partial charge in [-0.25, -0.2) is 0 Å². The maximum absolute atomic E-state index is 12.3. The van der Waals surface area contributed by atoms with Crippen molar-refractivity contribution in [1.29, 1.82) is 0 Å². The van der Waals surface area contributed by atoms with E-state index in [0.29, 0.717) is 11.5 Å². The third-order valence-corrected chi connectivity index (χ3v) is 7.10. The van der Waals surface area contributed by atoms with Crippen molar-refractivity contribution in [2.45, 2.75) is 75.9 Å². The lowest BCUT2D eigenvalue weighted by Crippen LogP contribution is -2.33. The summed E-state index contributed by atoms with van der Waals surface area (Å²) in [6.07, 6.45) is 10.5. The Bertz CT molecular complexity index is 424. The second-order valence-corrected chi connectivity index (χ2v) is 8.85. The molecule has 2 unspecified atom stereocenters. The van der Waals surface area contributed by atoms with E-state index >= 15 is 0 Å². The predicted octanol–water partition coefficient (Wildman–Crippen LogP) is 2.87. The lowest BCUT2D eigenvalue weighted by molar-refractivity contribution is -0.138. The van der Waals surface area contributed by atoms with Crippen LogP contribution in [0.5, 0.6) is 0 Å². The number of ether oxygens (including phenoxy) is 1. The van der Waals surface area contributed by atoms with Gasteiger partial charge in [-0.1, -0.05) is 19.3 Å². The van der Waals surface area contributed by atoms with Gasteiger partial charge < -0.3 is 9.84 Å². The van der Waals surface area contributed by atoms with Gasteiger partial charge >= 0.3 is 5.97 Å². The lowest BCUT2D eigenvalue weighted by atomic mass is 9.83. The molecule has 0 aromatic heterocycles. The zero-order valence-corrected chi connectivity index (χ0v) is 13.5. The largest absolute Gasteiger partial charge is 0.481 e. The molecule has 4 nitrogen and oxygen atoms in total. The molecule has 21 heavy (non-hydrogen) atoms. The fourth-order valence-corrected chi connectivity index (χ4v) is 5.90. The van der Waals surface area contributed by atoms with E-state index in [-0.39, 0.29) is 23.5 Å². The average molecular weight is 314 g/mol. The number of rotatable bonds is 6. The molecule has 3 fully saturated rings. The Morgan fingerprint density at radius 3 is 2.48 bits per heavy atom. The van der Waals surface area contributed by atoms with Crippen molar-refractivity contribution in [3.05, 3.63) is 0 Å². The first kappa shape index (κ1) is 15.5. The molecule has 1 saturated heterocycles. The molecule has 0 aromatic carbocycles. The van der Waals surface area contributed by atoms with Gasteiger partial charge in [0.25, 0.3) is 0 Å². The quantitative estimate of drug-likeness (QED) is 0.819. The molecule has 2 atom stereocenters. The first-order valence-electron chi connectivity index (χ1n) is 8.26. The van der Waals surface area contributed by atoms with E-state index in [2.05, 4.69) is 0 Å². The van der Waals surface area contributed by atoms with Gasteiger partial charge in [0.05, 0.1) is 18.1 Å². The minimum Gasteiger partial charge on any atom is -0.481 e. The van der Waals surface area contributed by atoms with Crippen LogP contribution in [-0.4, -0.2) is 38.5 Å². The molecule has 0 radical (unpaired) electrons. The molecule has 0 aromatic rings. The van der Waals surface area contributed by atoms with E-state index in [0.717, 1.165) is 25.7 Å². The third-order valence-electron chi connectivity index (χ3n) is 5.43. The number of hydrogen-bond donors (Lipinski definition) is 1. The maximum Gasteiger partial charge on any atom is 0.303 e. The molecular formula is C16H26O4S. The summed E-state index contributed by atoms with van der Waals surface area (Å²) in [5.74, 6) is 0.387. The van der Waals surface area contributed by atoms with Crippen LogP contribution >= 0.6 is 0 Å². The number of carboxylic acid groups (broad SMARTS) is 1. The lowest BCUT2D eigenvalue weighted by Gasteiger charge is -2.33. The van der Waals surface area contributed by atoms with Gasteiger partial charge in [0.1, 0.15) is 0 Å². The second kappa shape index (κ2) is 5.99. The third kappa shape index (κ3) is 3.86. The summed E-state index contributed by atoms with van der Waals surface area (Å²) < 4.78 is 18.6. The van der Waals surface area contributed by atoms with Crippen LogP contribution in [0.3, 0.4) is 0 Å². The van der Waals surface area contributed by atoms with Gasteiger partial charge in [0.15, 0.2) is 0 Å². The Labute approximate surface area is 129 Å². The number of hydrogen-bond acceptors (Lipinski definition) is 3. The molecular weight excluding hydrogens is 288 g/mol. The van der Waals surface area contributed by atoms with Crippen LogP contribution in [0, 0.1) is 5.41 Å². The van der Waals surface area contributed by atoms with Gasteiger partial charge in [0, 0.05) is 22.3 Å². The van der Waals surface area contributed by atoms with Gasteiger partial charge in [-0.15, -0.1) is 0 Å². The van der Waals surface area contributed by atoms with Crippen molar-refractivity contribution in [2.75, 3.05) is 11.5 Å². The topological polar surface area (TPSA) is 63.6 Å². The first-order chi connectivity index (χ1) is 10.0. The SMILES string of the molecule is O=C(O)CC1(CS(=O)CC2CCC3(CCCCC3)O2)CC1. The number of aliphatic carboxylic acids is 1. The van der Waals surface area contributed by atoms with Gasteiger partial charge in [0.2, 0.25) is 0 Å². The predicted molar refractivity (Wildman–Crippen MR) is 81.7 cm³/mol. The fourth-order valence-electron chi connectivity index (χ4n) is 4.05. The molecule has 2 saturated carbocycles. The monoisotopic (exact) mass is 314 g/mol. The summed E-state index contributed by atoms with van der Waals surface area (Å²) in [5, 5.41) is 8.93. The van der Waals surface area contributed by atoms with Crippen LogP contribution in [0.2, 0.25) is 0 Å².